The third kappa shape index (κ3) is 5.81. The molecule has 0 heterocycles. The normalized spacial score (nSPS) is 13.8. The van der Waals surface area contributed by atoms with Gasteiger partial charge in [0.2, 0.25) is 0 Å². The number of rotatable bonds is 7. The number of aliphatic hydroxyl groups excluding tert-OH is 1. The van der Waals surface area contributed by atoms with Crippen LogP contribution in [-0.2, 0) is 0 Å². The molecule has 0 aromatic carbocycles. The van der Waals surface area contributed by atoms with Crippen molar-refractivity contribution in [3.05, 3.63) is 0 Å². The minimum absolute atomic E-state index is 0.242. The maximum Gasteiger partial charge on any atom is 0.0584 e. The summed E-state index contributed by atoms with van der Waals surface area (Å²) < 4.78 is 0. The molecule has 0 aliphatic rings. The summed E-state index contributed by atoms with van der Waals surface area (Å²) in [5.41, 5.74) is 0. The van der Waals surface area contributed by atoms with Crippen LogP contribution in [0.5, 0.6) is 0 Å². The van der Waals surface area contributed by atoms with Crippen LogP contribution in [0.2, 0.25) is 0 Å². The molecule has 1 N–H and O–H groups in total. The van der Waals surface area contributed by atoms with Gasteiger partial charge < -0.3 is 10.0 Å². The van der Waals surface area contributed by atoms with Gasteiger partial charge in [-0.25, -0.2) is 0 Å². The van der Waals surface area contributed by atoms with Gasteiger partial charge in [0.05, 0.1) is 6.61 Å². The van der Waals surface area contributed by atoms with Crippen molar-refractivity contribution in [2.45, 2.75) is 32.2 Å². The summed E-state index contributed by atoms with van der Waals surface area (Å²) in [6, 6.07) is 0.279. The van der Waals surface area contributed by atoms with E-state index in [0.717, 1.165) is 18.8 Å². The lowest BCUT2D eigenvalue weighted by Crippen LogP contribution is -2.32. The minimum atomic E-state index is 0.242. The van der Waals surface area contributed by atoms with Crippen molar-refractivity contribution in [3.8, 4) is 0 Å². The molecule has 0 aromatic heterocycles. The second-order valence-electron chi connectivity index (χ2n) is 3.26. The van der Waals surface area contributed by atoms with E-state index in [1.807, 2.05) is 14.0 Å². The Hall–Kier alpha value is 0.210. The predicted octanol–water partition coefficient (Wildman–Crippen LogP) is 1.71. The maximum atomic E-state index is 8.85. The minimum Gasteiger partial charge on any atom is -0.395 e. The number of halogens is 1. The molecule has 0 aliphatic carbocycles. The number of unbranched alkanes of at least 4 members (excludes halogenated alkanes) is 2. The molecule has 0 fully saturated rings. The standard InChI is InChI=1S/C9H20ClNO/c1-9(8-12)11(2)7-5-3-4-6-10/h9,12H,3-8H2,1-2H3. The van der Waals surface area contributed by atoms with Gasteiger partial charge in [0.25, 0.3) is 0 Å². The first-order valence-electron chi connectivity index (χ1n) is 4.59. The summed E-state index contributed by atoms with van der Waals surface area (Å²) in [4.78, 5) is 2.17. The van der Waals surface area contributed by atoms with E-state index in [4.69, 9.17) is 16.7 Å². The fraction of sp³-hybridized carbons (Fsp3) is 1.00. The summed E-state index contributed by atoms with van der Waals surface area (Å²) in [6.45, 7) is 3.33. The Labute approximate surface area is 80.5 Å². The fourth-order valence-electron chi connectivity index (χ4n) is 0.992. The van der Waals surface area contributed by atoms with Crippen LogP contribution in [0.15, 0.2) is 0 Å². The number of aliphatic hydroxyl groups is 1. The summed E-state index contributed by atoms with van der Waals surface area (Å²) in [5.74, 6) is 0.763. The molecule has 0 bridgehead atoms. The third-order valence-corrected chi connectivity index (χ3v) is 2.43. The van der Waals surface area contributed by atoms with Crippen LogP contribution >= 0.6 is 11.6 Å². The highest BCUT2D eigenvalue weighted by atomic mass is 35.5. The van der Waals surface area contributed by atoms with E-state index in [2.05, 4.69) is 4.90 Å². The highest BCUT2D eigenvalue weighted by molar-refractivity contribution is 6.17. The van der Waals surface area contributed by atoms with Gasteiger partial charge in [0.15, 0.2) is 0 Å². The average Bonchev–Trinajstić information content (AvgIpc) is 2.10. The second kappa shape index (κ2) is 7.84. The van der Waals surface area contributed by atoms with Crippen LogP contribution in [0.4, 0.5) is 0 Å². The van der Waals surface area contributed by atoms with Gasteiger partial charge in [-0.05, 0) is 33.4 Å². The zero-order chi connectivity index (χ0) is 9.40. The van der Waals surface area contributed by atoms with Crippen molar-refractivity contribution < 1.29 is 5.11 Å². The molecule has 3 heteroatoms. The Morgan fingerprint density at radius 3 is 2.50 bits per heavy atom. The van der Waals surface area contributed by atoms with E-state index in [9.17, 15) is 0 Å². The van der Waals surface area contributed by atoms with Crippen LogP contribution in [0, 0.1) is 0 Å². The van der Waals surface area contributed by atoms with E-state index in [1.54, 1.807) is 0 Å². The van der Waals surface area contributed by atoms with E-state index >= 15 is 0 Å². The van der Waals surface area contributed by atoms with Crippen molar-refractivity contribution in [1.29, 1.82) is 0 Å². The molecule has 0 saturated carbocycles. The van der Waals surface area contributed by atoms with Gasteiger partial charge in [-0.1, -0.05) is 6.42 Å². The molecular weight excluding hydrogens is 174 g/mol. The second-order valence-corrected chi connectivity index (χ2v) is 3.64. The van der Waals surface area contributed by atoms with Gasteiger partial charge in [-0.15, -0.1) is 11.6 Å². The molecule has 0 amide bonds. The lowest BCUT2D eigenvalue weighted by molar-refractivity contribution is 0.157. The monoisotopic (exact) mass is 193 g/mol. The Morgan fingerprint density at radius 1 is 1.33 bits per heavy atom. The van der Waals surface area contributed by atoms with Crippen LogP contribution in [-0.4, -0.2) is 42.1 Å². The van der Waals surface area contributed by atoms with Gasteiger partial charge >= 0.3 is 0 Å². The van der Waals surface area contributed by atoms with Crippen LogP contribution < -0.4 is 0 Å². The zero-order valence-corrected chi connectivity index (χ0v) is 8.85. The number of likely N-dealkylation sites (N-methyl/N-ethyl adjacent to an activating group) is 1. The van der Waals surface area contributed by atoms with Crippen molar-refractivity contribution in [2.24, 2.45) is 0 Å². The van der Waals surface area contributed by atoms with Crippen molar-refractivity contribution in [2.75, 3.05) is 26.1 Å². The first-order valence-corrected chi connectivity index (χ1v) is 5.13. The van der Waals surface area contributed by atoms with Gasteiger partial charge in [0, 0.05) is 11.9 Å². The molecule has 1 unspecified atom stereocenters. The lowest BCUT2D eigenvalue weighted by Gasteiger charge is -2.22. The number of alkyl halides is 1. The molecule has 0 saturated heterocycles. The molecule has 12 heavy (non-hydrogen) atoms. The van der Waals surface area contributed by atoms with Crippen LogP contribution in [0.3, 0.4) is 0 Å². The smallest absolute Gasteiger partial charge is 0.0584 e. The summed E-state index contributed by atoms with van der Waals surface area (Å²) in [7, 11) is 2.04. The largest absolute Gasteiger partial charge is 0.395 e. The average molecular weight is 194 g/mol. The van der Waals surface area contributed by atoms with E-state index in [1.165, 1.54) is 12.8 Å². The molecule has 2 nitrogen and oxygen atoms in total. The summed E-state index contributed by atoms with van der Waals surface area (Å²) in [6.07, 6.45) is 3.46. The molecule has 74 valence electrons. The Bertz CT molecular complexity index is 101. The molecule has 0 radical (unpaired) electrons. The Morgan fingerprint density at radius 2 is 2.00 bits per heavy atom. The third-order valence-electron chi connectivity index (χ3n) is 2.16. The van der Waals surface area contributed by atoms with Crippen LogP contribution in [0.1, 0.15) is 26.2 Å². The number of nitrogens with zero attached hydrogens (tertiary/aromatic N) is 1. The fourth-order valence-corrected chi connectivity index (χ4v) is 1.18. The molecule has 0 aromatic rings. The quantitative estimate of drug-likeness (QED) is 0.492. The maximum absolute atomic E-state index is 8.85. The molecule has 1 atom stereocenters. The predicted molar refractivity (Wildman–Crippen MR) is 53.7 cm³/mol. The van der Waals surface area contributed by atoms with Gasteiger partial charge in [-0.3, -0.25) is 0 Å². The highest BCUT2D eigenvalue weighted by Gasteiger charge is 2.05. The highest BCUT2D eigenvalue weighted by Crippen LogP contribution is 2.01. The van der Waals surface area contributed by atoms with Crippen LogP contribution in [0.25, 0.3) is 0 Å². The molecular formula is C9H20ClNO. The van der Waals surface area contributed by atoms with Crippen molar-refractivity contribution in [1.82, 2.24) is 4.90 Å². The van der Waals surface area contributed by atoms with E-state index in [-0.39, 0.29) is 12.6 Å². The molecule has 0 aliphatic heterocycles. The Balaban J connectivity index is 3.24. The van der Waals surface area contributed by atoms with Crippen molar-refractivity contribution in [3.63, 3.8) is 0 Å². The van der Waals surface area contributed by atoms with E-state index < -0.39 is 0 Å². The number of hydrogen-bond acceptors (Lipinski definition) is 2. The molecule has 0 spiro atoms. The van der Waals surface area contributed by atoms with E-state index in [0.29, 0.717) is 0 Å². The topological polar surface area (TPSA) is 23.5 Å². The summed E-state index contributed by atoms with van der Waals surface area (Å²) in [5, 5.41) is 8.85. The van der Waals surface area contributed by atoms with Crippen molar-refractivity contribution >= 4 is 11.6 Å². The number of hydrogen-bond donors (Lipinski definition) is 1. The Kier molecular flexibility index (Phi) is 7.98. The lowest BCUT2D eigenvalue weighted by atomic mass is 10.2. The SMILES string of the molecule is CC(CO)N(C)CCCCCCl. The summed E-state index contributed by atoms with van der Waals surface area (Å²) >= 11 is 5.55. The first-order chi connectivity index (χ1) is 5.72. The van der Waals surface area contributed by atoms with Gasteiger partial charge in [-0.2, -0.15) is 0 Å². The van der Waals surface area contributed by atoms with Gasteiger partial charge in [0.1, 0.15) is 0 Å². The zero-order valence-electron chi connectivity index (χ0n) is 8.09. The first kappa shape index (κ1) is 12.2. The molecule has 0 rings (SSSR count).